The molecule has 0 spiro atoms. The molecule has 0 bridgehead atoms. The van der Waals surface area contributed by atoms with Crippen molar-refractivity contribution in [2.45, 2.75) is 6.54 Å². The first-order valence-electron chi connectivity index (χ1n) is 5.85. The lowest BCUT2D eigenvalue weighted by atomic mass is 10.1. The summed E-state index contributed by atoms with van der Waals surface area (Å²) >= 11 is 0. The number of nitriles is 1. The summed E-state index contributed by atoms with van der Waals surface area (Å²) in [7, 11) is 1.87. The van der Waals surface area contributed by atoms with Crippen LogP contribution in [0.1, 0.15) is 11.1 Å². The molecule has 2 N–H and O–H groups in total. The molecule has 0 unspecified atom stereocenters. The van der Waals surface area contributed by atoms with Crippen molar-refractivity contribution in [3.8, 4) is 6.07 Å². The number of hydrogen-bond acceptors (Lipinski definition) is 3. The predicted octanol–water partition coefficient (Wildman–Crippen LogP) is 2.92. The smallest absolute Gasteiger partial charge is 0.130 e. The van der Waals surface area contributed by atoms with Gasteiger partial charge in [-0.15, -0.1) is 0 Å². The topological polar surface area (TPSA) is 53.0 Å². The van der Waals surface area contributed by atoms with Crippen LogP contribution in [0.4, 0.5) is 15.8 Å². The molecule has 4 heteroatoms. The van der Waals surface area contributed by atoms with E-state index in [9.17, 15) is 4.39 Å². The Hall–Kier alpha value is -2.54. The van der Waals surface area contributed by atoms with Crippen LogP contribution in [0.2, 0.25) is 0 Å². The summed E-state index contributed by atoms with van der Waals surface area (Å²) in [5, 5.41) is 8.74. The second-order valence-electron chi connectivity index (χ2n) is 4.37. The Morgan fingerprint density at radius 3 is 2.47 bits per heavy atom. The minimum atomic E-state index is -0.305. The number of nitrogen functional groups attached to an aromatic ring is 1. The third-order valence-electron chi connectivity index (χ3n) is 2.92. The van der Waals surface area contributed by atoms with Crippen LogP contribution in [-0.2, 0) is 6.54 Å². The fourth-order valence-corrected chi connectivity index (χ4v) is 1.83. The van der Waals surface area contributed by atoms with Crippen LogP contribution in [-0.4, -0.2) is 7.05 Å². The Morgan fingerprint density at radius 2 is 1.89 bits per heavy atom. The first kappa shape index (κ1) is 12.9. The van der Waals surface area contributed by atoms with E-state index in [-0.39, 0.29) is 5.82 Å². The maximum absolute atomic E-state index is 13.7. The van der Waals surface area contributed by atoms with Crippen LogP contribution in [0, 0.1) is 17.1 Å². The lowest BCUT2D eigenvalue weighted by molar-refractivity contribution is 0.608. The molecule has 0 atom stereocenters. The monoisotopic (exact) mass is 255 g/mol. The highest BCUT2D eigenvalue weighted by molar-refractivity contribution is 5.50. The van der Waals surface area contributed by atoms with Gasteiger partial charge >= 0.3 is 0 Å². The van der Waals surface area contributed by atoms with E-state index in [1.54, 1.807) is 24.3 Å². The summed E-state index contributed by atoms with van der Waals surface area (Å²) in [6.07, 6.45) is 0. The molecule has 96 valence electrons. The van der Waals surface area contributed by atoms with Gasteiger partial charge in [0.2, 0.25) is 0 Å². The molecular formula is C15H14FN3. The Bertz CT molecular complexity index is 614. The normalized spacial score (nSPS) is 9.95. The highest BCUT2D eigenvalue weighted by Gasteiger charge is 2.07. The lowest BCUT2D eigenvalue weighted by Crippen LogP contribution is -2.17. The lowest BCUT2D eigenvalue weighted by Gasteiger charge is -2.19. The minimum Gasteiger partial charge on any atom is -0.399 e. The molecule has 0 aromatic heterocycles. The molecule has 2 aromatic rings. The Morgan fingerprint density at radius 1 is 1.21 bits per heavy atom. The summed E-state index contributed by atoms with van der Waals surface area (Å²) in [5.74, 6) is -0.305. The molecule has 3 nitrogen and oxygen atoms in total. The molecule has 0 aliphatic carbocycles. The van der Waals surface area contributed by atoms with E-state index in [4.69, 9.17) is 11.0 Å². The molecule has 0 aliphatic rings. The van der Waals surface area contributed by atoms with Crippen LogP contribution >= 0.6 is 0 Å². The molecule has 0 fully saturated rings. The molecule has 0 saturated heterocycles. The number of benzene rings is 2. The molecule has 0 radical (unpaired) electrons. The van der Waals surface area contributed by atoms with Gasteiger partial charge in [-0.3, -0.25) is 0 Å². The van der Waals surface area contributed by atoms with Crippen molar-refractivity contribution < 1.29 is 4.39 Å². The summed E-state index contributed by atoms with van der Waals surface area (Å²) in [4.78, 5) is 1.91. The first-order chi connectivity index (χ1) is 9.10. The zero-order valence-electron chi connectivity index (χ0n) is 10.6. The number of halogens is 1. The predicted molar refractivity (Wildman–Crippen MR) is 74.1 cm³/mol. The van der Waals surface area contributed by atoms with Gasteiger partial charge in [0.1, 0.15) is 5.82 Å². The molecule has 2 rings (SSSR count). The van der Waals surface area contributed by atoms with E-state index in [2.05, 4.69) is 6.07 Å². The fraction of sp³-hybridized carbons (Fsp3) is 0.133. The van der Waals surface area contributed by atoms with Crippen LogP contribution in [0.5, 0.6) is 0 Å². The third-order valence-corrected chi connectivity index (χ3v) is 2.92. The van der Waals surface area contributed by atoms with Crippen molar-refractivity contribution in [2.24, 2.45) is 0 Å². The third kappa shape index (κ3) is 3.02. The van der Waals surface area contributed by atoms with E-state index in [0.29, 0.717) is 23.4 Å². The van der Waals surface area contributed by atoms with Gasteiger partial charge in [-0.05, 0) is 36.4 Å². The first-order valence-corrected chi connectivity index (χ1v) is 5.85. The van der Waals surface area contributed by atoms with Crippen molar-refractivity contribution in [2.75, 3.05) is 17.7 Å². The van der Waals surface area contributed by atoms with Crippen LogP contribution in [0.25, 0.3) is 0 Å². The number of nitrogens with zero attached hydrogens (tertiary/aromatic N) is 2. The minimum absolute atomic E-state index is 0.305. The van der Waals surface area contributed by atoms with Gasteiger partial charge < -0.3 is 10.6 Å². The van der Waals surface area contributed by atoms with E-state index in [1.165, 1.54) is 6.07 Å². The summed E-state index contributed by atoms with van der Waals surface area (Å²) in [6, 6.07) is 13.9. The van der Waals surface area contributed by atoms with Crippen molar-refractivity contribution >= 4 is 11.4 Å². The van der Waals surface area contributed by atoms with Gasteiger partial charge in [-0.2, -0.15) is 5.26 Å². The van der Waals surface area contributed by atoms with Gasteiger partial charge in [-0.1, -0.05) is 6.07 Å². The molecular weight excluding hydrogens is 241 g/mol. The second kappa shape index (κ2) is 5.40. The van der Waals surface area contributed by atoms with Crippen molar-refractivity contribution in [3.05, 3.63) is 59.4 Å². The summed E-state index contributed by atoms with van der Waals surface area (Å²) in [6.45, 7) is 0.442. The highest BCUT2D eigenvalue weighted by atomic mass is 19.1. The van der Waals surface area contributed by atoms with Crippen molar-refractivity contribution in [3.63, 3.8) is 0 Å². The molecule has 2 aromatic carbocycles. The van der Waals surface area contributed by atoms with Crippen LogP contribution < -0.4 is 10.6 Å². The average molecular weight is 255 g/mol. The van der Waals surface area contributed by atoms with Gasteiger partial charge in [0.15, 0.2) is 0 Å². The van der Waals surface area contributed by atoms with Gasteiger partial charge in [0, 0.05) is 30.5 Å². The maximum Gasteiger partial charge on any atom is 0.130 e. The molecule has 19 heavy (non-hydrogen) atoms. The van der Waals surface area contributed by atoms with E-state index < -0.39 is 0 Å². The number of rotatable bonds is 3. The standard InChI is InChI=1S/C15H14FN3/c1-19(14-6-2-11(9-17)3-7-14)10-12-4-5-13(18)8-15(12)16/h2-8H,10,18H2,1H3. The largest absolute Gasteiger partial charge is 0.399 e. The Labute approximate surface area is 111 Å². The number of nitrogens with two attached hydrogens (primary N) is 1. The number of anilines is 2. The Balaban J connectivity index is 2.16. The molecule has 0 aliphatic heterocycles. The quantitative estimate of drug-likeness (QED) is 0.858. The molecule has 0 amide bonds. The zero-order chi connectivity index (χ0) is 13.8. The van der Waals surface area contributed by atoms with Crippen molar-refractivity contribution in [1.29, 1.82) is 5.26 Å². The SMILES string of the molecule is CN(Cc1ccc(N)cc1F)c1ccc(C#N)cc1. The van der Waals surface area contributed by atoms with Crippen LogP contribution in [0.3, 0.4) is 0 Å². The van der Waals surface area contributed by atoms with Crippen molar-refractivity contribution in [1.82, 2.24) is 0 Å². The second-order valence-corrected chi connectivity index (χ2v) is 4.37. The maximum atomic E-state index is 13.7. The molecule has 0 saturated carbocycles. The van der Waals surface area contributed by atoms with Crippen LogP contribution in [0.15, 0.2) is 42.5 Å². The van der Waals surface area contributed by atoms with E-state index in [0.717, 1.165) is 5.69 Å². The number of hydrogen-bond donors (Lipinski definition) is 1. The fourth-order valence-electron chi connectivity index (χ4n) is 1.83. The van der Waals surface area contributed by atoms with Gasteiger partial charge in [-0.25, -0.2) is 4.39 Å². The highest BCUT2D eigenvalue weighted by Crippen LogP contribution is 2.19. The summed E-state index contributed by atoms with van der Waals surface area (Å²) in [5.41, 5.74) is 8.05. The van der Waals surface area contributed by atoms with Gasteiger partial charge in [0.05, 0.1) is 11.6 Å². The zero-order valence-corrected chi connectivity index (χ0v) is 10.6. The van der Waals surface area contributed by atoms with E-state index in [1.807, 2.05) is 24.1 Å². The van der Waals surface area contributed by atoms with Gasteiger partial charge in [0.25, 0.3) is 0 Å². The average Bonchev–Trinajstić information content (AvgIpc) is 2.42. The molecule has 0 heterocycles. The Kier molecular flexibility index (Phi) is 3.67. The summed E-state index contributed by atoms with van der Waals surface area (Å²) < 4.78 is 13.7. The van der Waals surface area contributed by atoms with E-state index >= 15 is 0 Å².